The first kappa shape index (κ1) is 16.4. The number of nitrogens with zero attached hydrogens (tertiary/aromatic N) is 2. The predicted octanol–water partition coefficient (Wildman–Crippen LogP) is 3.62. The van der Waals surface area contributed by atoms with Crippen LogP contribution in [0.1, 0.15) is 16.1 Å². The van der Waals surface area contributed by atoms with E-state index in [1.807, 2.05) is 35.2 Å². The summed E-state index contributed by atoms with van der Waals surface area (Å²) >= 11 is 3.18. The first-order valence-corrected chi connectivity index (χ1v) is 8.84. The zero-order chi connectivity index (χ0) is 15.1. The lowest BCUT2D eigenvalue weighted by molar-refractivity contribution is 0.0795. The molecule has 2 aromatic heterocycles. The van der Waals surface area contributed by atoms with Crippen LogP contribution in [0.2, 0.25) is 0 Å². The van der Waals surface area contributed by atoms with Crippen molar-refractivity contribution >= 4 is 51.2 Å². The Kier molecular flexibility index (Phi) is 4.68. The van der Waals surface area contributed by atoms with Gasteiger partial charge in [-0.3, -0.25) is 4.79 Å². The van der Waals surface area contributed by atoms with Gasteiger partial charge in [0.2, 0.25) is 0 Å². The number of carbonyl (C=O) groups is 1. The van der Waals surface area contributed by atoms with E-state index < -0.39 is 0 Å². The molecule has 3 heterocycles. The minimum absolute atomic E-state index is 0. The summed E-state index contributed by atoms with van der Waals surface area (Å²) in [6.45, 7) is 1.42. The van der Waals surface area contributed by atoms with Crippen LogP contribution in [-0.2, 0) is 0 Å². The van der Waals surface area contributed by atoms with Gasteiger partial charge in [0.25, 0.3) is 5.91 Å². The number of amides is 1. The SMILES string of the molecule is Cl.N[C@@H]1CCN(C(=O)c2ccc(-c3nc4ccccc4s3)s2)C1. The summed E-state index contributed by atoms with van der Waals surface area (Å²) in [6, 6.07) is 12.1. The normalized spacial score (nSPS) is 17.4. The van der Waals surface area contributed by atoms with E-state index in [1.54, 1.807) is 11.3 Å². The van der Waals surface area contributed by atoms with Crippen molar-refractivity contribution in [1.82, 2.24) is 9.88 Å². The monoisotopic (exact) mass is 365 g/mol. The number of benzene rings is 1. The second kappa shape index (κ2) is 6.57. The number of aromatic nitrogens is 1. The maximum absolute atomic E-state index is 12.5. The molecule has 1 aliphatic heterocycles. The van der Waals surface area contributed by atoms with Gasteiger partial charge in [0, 0.05) is 19.1 Å². The molecule has 1 saturated heterocycles. The molecule has 1 fully saturated rings. The Balaban J connectivity index is 0.00000156. The first-order chi connectivity index (χ1) is 10.7. The van der Waals surface area contributed by atoms with Crippen LogP contribution < -0.4 is 5.73 Å². The number of likely N-dealkylation sites (tertiary alicyclic amines) is 1. The van der Waals surface area contributed by atoms with Gasteiger partial charge in [-0.05, 0) is 30.7 Å². The Labute approximate surface area is 148 Å². The topological polar surface area (TPSA) is 59.2 Å². The minimum atomic E-state index is 0. The number of halogens is 1. The zero-order valence-electron chi connectivity index (χ0n) is 12.3. The second-order valence-corrected chi connectivity index (χ2v) is 7.56. The van der Waals surface area contributed by atoms with Gasteiger partial charge in [0.05, 0.1) is 20.0 Å². The fourth-order valence-corrected chi connectivity index (χ4v) is 4.67. The summed E-state index contributed by atoms with van der Waals surface area (Å²) in [5.74, 6) is 0.0883. The Bertz CT molecular complexity index is 812. The summed E-state index contributed by atoms with van der Waals surface area (Å²) in [5.41, 5.74) is 6.89. The van der Waals surface area contributed by atoms with Crippen LogP contribution in [0.15, 0.2) is 36.4 Å². The molecule has 23 heavy (non-hydrogen) atoms. The molecule has 0 bridgehead atoms. The maximum Gasteiger partial charge on any atom is 0.263 e. The smallest absolute Gasteiger partial charge is 0.263 e. The van der Waals surface area contributed by atoms with Crippen LogP contribution in [0.3, 0.4) is 0 Å². The molecule has 4 rings (SSSR count). The van der Waals surface area contributed by atoms with E-state index in [9.17, 15) is 4.79 Å². The van der Waals surface area contributed by atoms with Crippen molar-refractivity contribution in [3.63, 3.8) is 0 Å². The van der Waals surface area contributed by atoms with Gasteiger partial charge in [-0.15, -0.1) is 35.1 Å². The fourth-order valence-electron chi connectivity index (χ4n) is 2.67. The van der Waals surface area contributed by atoms with Gasteiger partial charge in [0.15, 0.2) is 0 Å². The van der Waals surface area contributed by atoms with Crippen LogP contribution in [0.5, 0.6) is 0 Å². The average Bonchev–Trinajstić information content (AvgIpc) is 3.24. The highest BCUT2D eigenvalue weighted by Crippen LogP contribution is 2.34. The third kappa shape index (κ3) is 3.12. The highest BCUT2D eigenvalue weighted by Gasteiger charge is 2.25. The van der Waals surface area contributed by atoms with Gasteiger partial charge in [0.1, 0.15) is 5.01 Å². The van der Waals surface area contributed by atoms with E-state index in [0.29, 0.717) is 6.54 Å². The number of para-hydroxylation sites is 1. The molecule has 0 spiro atoms. The van der Waals surface area contributed by atoms with Crippen molar-refractivity contribution in [3.8, 4) is 9.88 Å². The molecule has 0 aliphatic carbocycles. The fraction of sp³-hybridized carbons (Fsp3) is 0.250. The molecule has 1 atom stereocenters. The number of thiazole rings is 1. The maximum atomic E-state index is 12.5. The Hall–Kier alpha value is -1.47. The molecule has 0 saturated carbocycles. The van der Waals surface area contributed by atoms with Crippen LogP contribution in [0, 0.1) is 0 Å². The summed E-state index contributed by atoms with van der Waals surface area (Å²) < 4.78 is 1.17. The van der Waals surface area contributed by atoms with Crippen LogP contribution in [0.4, 0.5) is 0 Å². The van der Waals surface area contributed by atoms with Gasteiger partial charge in [-0.1, -0.05) is 12.1 Å². The number of fused-ring (bicyclic) bond motifs is 1. The highest BCUT2D eigenvalue weighted by atomic mass is 35.5. The molecule has 0 unspecified atom stereocenters. The number of carbonyl (C=O) groups excluding carboxylic acids is 1. The van der Waals surface area contributed by atoms with Gasteiger partial charge >= 0.3 is 0 Å². The quantitative estimate of drug-likeness (QED) is 0.754. The highest BCUT2D eigenvalue weighted by molar-refractivity contribution is 7.26. The van der Waals surface area contributed by atoms with Crippen LogP contribution in [-0.4, -0.2) is 34.9 Å². The van der Waals surface area contributed by atoms with E-state index in [1.165, 1.54) is 16.0 Å². The summed E-state index contributed by atoms with van der Waals surface area (Å²) in [6.07, 6.45) is 0.891. The second-order valence-electron chi connectivity index (χ2n) is 5.45. The average molecular weight is 366 g/mol. The first-order valence-electron chi connectivity index (χ1n) is 7.21. The zero-order valence-corrected chi connectivity index (χ0v) is 14.7. The third-order valence-electron chi connectivity index (χ3n) is 3.83. The summed E-state index contributed by atoms with van der Waals surface area (Å²) in [5, 5.41) is 0.975. The van der Waals surface area contributed by atoms with Crippen molar-refractivity contribution in [2.75, 3.05) is 13.1 Å². The van der Waals surface area contributed by atoms with E-state index in [2.05, 4.69) is 11.1 Å². The van der Waals surface area contributed by atoms with Gasteiger partial charge < -0.3 is 10.6 Å². The summed E-state index contributed by atoms with van der Waals surface area (Å²) in [7, 11) is 0. The molecule has 120 valence electrons. The molecule has 4 nitrogen and oxygen atoms in total. The molecule has 3 aromatic rings. The standard InChI is InChI=1S/C16H15N3OS2.ClH/c17-10-7-8-19(9-10)16(20)14-6-5-13(21-14)15-18-11-3-1-2-4-12(11)22-15;/h1-6,10H,7-9,17H2;1H/t10-;/m1./s1. The Morgan fingerprint density at radius 2 is 2.04 bits per heavy atom. The number of thiophene rings is 1. The molecular weight excluding hydrogens is 350 g/mol. The molecule has 0 radical (unpaired) electrons. The number of rotatable bonds is 2. The Morgan fingerprint density at radius 3 is 2.78 bits per heavy atom. The largest absolute Gasteiger partial charge is 0.336 e. The molecule has 1 aromatic carbocycles. The van der Waals surface area contributed by atoms with E-state index >= 15 is 0 Å². The van der Waals surface area contributed by atoms with E-state index in [-0.39, 0.29) is 24.4 Å². The van der Waals surface area contributed by atoms with Crippen molar-refractivity contribution in [2.24, 2.45) is 5.73 Å². The number of nitrogens with two attached hydrogens (primary N) is 1. The van der Waals surface area contributed by atoms with Crippen molar-refractivity contribution in [3.05, 3.63) is 41.3 Å². The Morgan fingerprint density at radius 1 is 1.22 bits per heavy atom. The van der Waals surface area contributed by atoms with Crippen molar-refractivity contribution < 1.29 is 4.79 Å². The lowest BCUT2D eigenvalue weighted by atomic mass is 10.3. The molecule has 1 amide bonds. The minimum Gasteiger partial charge on any atom is -0.336 e. The van der Waals surface area contributed by atoms with Crippen LogP contribution >= 0.6 is 35.1 Å². The molecule has 1 aliphatic rings. The van der Waals surface area contributed by atoms with Gasteiger partial charge in [-0.25, -0.2) is 4.98 Å². The number of hydrogen-bond acceptors (Lipinski definition) is 5. The van der Waals surface area contributed by atoms with Crippen molar-refractivity contribution in [1.29, 1.82) is 0 Å². The van der Waals surface area contributed by atoms with Crippen LogP contribution in [0.25, 0.3) is 20.1 Å². The van der Waals surface area contributed by atoms with E-state index in [0.717, 1.165) is 33.2 Å². The molecule has 7 heteroatoms. The lowest BCUT2D eigenvalue weighted by Gasteiger charge is -2.14. The third-order valence-corrected chi connectivity index (χ3v) is 6.11. The molecular formula is C16H16ClN3OS2. The molecule has 2 N–H and O–H groups in total. The summed E-state index contributed by atoms with van der Waals surface area (Å²) in [4.78, 5) is 20.8. The number of hydrogen-bond donors (Lipinski definition) is 1. The predicted molar refractivity (Wildman–Crippen MR) is 98.7 cm³/mol. The van der Waals surface area contributed by atoms with Gasteiger partial charge in [-0.2, -0.15) is 0 Å². The van der Waals surface area contributed by atoms with Crippen molar-refractivity contribution in [2.45, 2.75) is 12.5 Å². The lowest BCUT2D eigenvalue weighted by Crippen LogP contribution is -2.31. The van der Waals surface area contributed by atoms with E-state index in [4.69, 9.17) is 5.73 Å².